The smallest absolute Gasteiger partial charge is 0.305 e. The third-order valence-corrected chi connectivity index (χ3v) is 10.9. The molecule has 9 nitrogen and oxygen atoms in total. The first-order valence-electron chi connectivity index (χ1n) is 21.7. The number of carbonyl (C=O) groups is 2. The lowest BCUT2D eigenvalue weighted by molar-refractivity contribution is -0.235. The number of aliphatic hydroxyl groups excluding tert-OH is 1. The number of Topliss-reactive ketones (excluding diaryl/α,β-unsaturated/α-hetero) is 1. The summed E-state index contributed by atoms with van der Waals surface area (Å²) in [4.78, 5) is 23.9. The van der Waals surface area contributed by atoms with Gasteiger partial charge in [-0.25, -0.2) is 0 Å². The predicted molar refractivity (Wildman–Crippen MR) is 230 cm³/mol. The van der Waals surface area contributed by atoms with E-state index in [1.807, 2.05) is 61.5 Å². The molecule has 0 bridgehead atoms. The van der Waals surface area contributed by atoms with Crippen LogP contribution in [0, 0.1) is 47.9 Å². The number of carbonyl (C=O) groups excluding carboxylic acids is 1. The fourth-order valence-electron chi connectivity index (χ4n) is 7.59. The van der Waals surface area contributed by atoms with Crippen molar-refractivity contribution >= 4 is 11.8 Å². The number of ketones is 1. The molecule has 11 atom stereocenters. The van der Waals surface area contributed by atoms with Crippen LogP contribution in [-0.4, -0.2) is 75.5 Å². The predicted octanol–water partition coefficient (Wildman–Crippen LogP) is 9.73. The largest absolute Gasteiger partial charge is 0.481 e. The lowest BCUT2D eigenvalue weighted by Crippen LogP contribution is -2.44. The van der Waals surface area contributed by atoms with Gasteiger partial charge in [0, 0.05) is 24.9 Å². The van der Waals surface area contributed by atoms with E-state index >= 15 is 0 Å². The number of terminal acetylenes is 1. The molecule has 0 saturated carbocycles. The average molecular weight is 784 g/mol. The number of carboxylic acids is 1. The number of methoxy groups -OCH3 is 1. The van der Waals surface area contributed by atoms with Gasteiger partial charge < -0.3 is 35.6 Å². The van der Waals surface area contributed by atoms with E-state index in [0.29, 0.717) is 37.6 Å². The Balaban J connectivity index is -0.00000311. The lowest BCUT2D eigenvalue weighted by atomic mass is 9.80. The van der Waals surface area contributed by atoms with Crippen LogP contribution in [0.15, 0.2) is 12.2 Å². The van der Waals surface area contributed by atoms with E-state index in [1.54, 1.807) is 13.2 Å². The summed E-state index contributed by atoms with van der Waals surface area (Å²) in [6.07, 6.45) is 18.8. The van der Waals surface area contributed by atoms with Crippen LogP contribution in [0.2, 0.25) is 0 Å². The van der Waals surface area contributed by atoms with E-state index in [2.05, 4.69) is 40.0 Å². The Morgan fingerprint density at radius 2 is 1.51 bits per heavy atom. The molecule has 0 aromatic rings. The van der Waals surface area contributed by atoms with Crippen molar-refractivity contribution in [2.45, 2.75) is 209 Å². The molecule has 0 radical (unpaired) electrons. The minimum atomic E-state index is -1.35. The summed E-state index contributed by atoms with van der Waals surface area (Å²) in [6.45, 7) is 24.9. The number of aliphatic hydroxyl groups is 3. The quantitative estimate of drug-likeness (QED) is 0.0327. The van der Waals surface area contributed by atoms with Crippen molar-refractivity contribution in [3.63, 3.8) is 0 Å². The van der Waals surface area contributed by atoms with Gasteiger partial charge in [-0.15, -0.1) is 6.42 Å². The number of aliphatic carboxylic acids is 1. The van der Waals surface area contributed by atoms with Crippen LogP contribution in [-0.2, 0) is 19.1 Å². The van der Waals surface area contributed by atoms with Gasteiger partial charge in [-0.1, -0.05) is 113 Å². The van der Waals surface area contributed by atoms with Gasteiger partial charge in [-0.3, -0.25) is 9.59 Å². The van der Waals surface area contributed by atoms with Crippen molar-refractivity contribution < 1.29 is 39.5 Å². The van der Waals surface area contributed by atoms with E-state index in [0.717, 1.165) is 70.6 Å². The van der Waals surface area contributed by atoms with E-state index in [4.69, 9.17) is 20.3 Å². The maximum absolute atomic E-state index is 13.2. The number of hydrogen-bond donors (Lipinski definition) is 5. The zero-order valence-corrected chi connectivity index (χ0v) is 37.7. The second-order valence-electron chi connectivity index (χ2n) is 16.1. The van der Waals surface area contributed by atoms with Gasteiger partial charge in [0.05, 0.1) is 36.9 Å². The Morgan fingerprint density at radius 1 is 0.964 bits per heavy atom. The summed E-state index contributed by atoms with van der Waals surface area (Å²) >= 11 is 0. The highest BCUT2D eigenvalue weighted by Gasteiger charge is 2.38. The molecule has 55 heavy (non-hydrogen) atoms. The van der Waals surface area contributed by atoms with E-state index in [-0.39, 0.29) is 48.1 Å². The summed E-state index contributed by atoms with van der Waals surface area (Å²) in [6, 6.07) is 0. The fraction of sp³-hybridized carbons (Fsp3) is 0.870. The van der Waals surface area contributed by atoms with Crippen molar-refractivity contribution in [3.05, 3.63) is 12.2 Å². The van der Waals surface area contributed by atoms with Crippen LogP contribution >= 0.6 is 0 Å². The fourth-order valence-corrected chi connectivity index (χ4v) is 7.59. The lowest BCUT2D eigenvalue weighted by Gasteiger charge is -2.39. The SMILES string of the molecule is C#CCN.CC.CC.CCC(CCC[C@@](C)(O)CCC1CC=CC(O)(C(C)CC(C)CC(C)C(=O)C(C)C[C@H](C)CCCCC(O)CC(=O)O)O1)C(C)OC. The zero-order valence-electron chi connectivity index (χ0n) is 37.7. The molecule has 9 unspecified atom stereocenters. The number of ether oxygens (including phenoxy) is 2. The van der Waals surface area contributed by atoms with E-state index in [1.165, 1.54) is 0 Å². The molecule has 326 valence electrons. The average Bonchev–Trinajstić information content (AvgIpc) is 3.15. The second-order valence-corrected chi connectivity index (χ2v) is 16.1. The van der Waals surface area contributed by atoms with Gasteiger partial charge in [0.15, 0.2) is 5.79 Å². The van der Waals surface area contributed by atoms with Crippen molar-refractivity contribution in [2.75, 3.05) is 13.7 Å². The van der Waals surface area contributed by atoms with Crippen molar-refractivity contribution in [2.24, 2.45) is 41.2 Å². The highest BCUT2D eigenvalue weighted by Crippen LogP contribution is 2.36. The Morgan fingerprint density at radius 3 is 2.02 bits per heavy atom. The third kappa shape index (κ3) is 27.5. The van der Waals surface area contributed by atoms with Crippen LogP contribution in [0.4, 0.5) is 0 Å². The highest BCUT2D eigenvalue weighted by molar-refractivity contribution is 5.82. The maximum Gasteiger partial charge on any atom is 0.305 e. The molecular formula is C46H89NO8. The Hall–Kier alpha value is -1.80. The van der Waals surface area contributed by atoms with Gasteiger partial charge in [0.1, 0.15) is 5.78 Å². The molecule has 1 aliphatic heterocycles. The topological polar surface area (TPSA) is 160 Å². The molecule has 1 aliphatic rings. The van der Waals surface area contributed by atoms with Crippen LogP contribution in [0.5, 0.6) is 0 Å². The first-order chi connectivity index (χ1) is 25.8. The van der Waals surface area contributed by atoms with Gasteiger partial charge in [-0.05, 0) is 95.5 Å². The van der Waals surface area contributed by atoms with E-state index in [9.17, 15) is 24.9 Å². The van der Waals surface area contributed by atoms with Crippen molar-refractivity contribution in [1.82, 2.24) is 0 Å². The zero-order chi connectivity index (χ0) is 43.2. The van der Waals surface area contributed by atoms with Gasteiger partial charge >= 0.3 is 5.97 Å². The van der Waals surface area contributed by atoms with Crippen molar-refractivity contribution in [1.29, 1.82) is 0 Å². The summed E-state index contributed by atoms with van der Waals surface area (Å²) in [5.41, 5.74) is 4.02. The minimum absolute atomic E-state index is 0.0315. The summed E-state index contributed by atoms with van der Waals surface area (Å²) < 4.78 is 11.8. The van der Waals surface area contributed by atoms with E-state index < -0.39 is 23.5 Å². The van der Waals surface area contributed by atoms with Crippen LogP contribution < -0.4 is 5.73 Å². The summed E-state index contributed by atoms with van der Waals surface area (Å²) in [5, 5.41) is 41.1. The number of nitrogens with two attached hydrogens (primary N) is 1. The van der Waals surface area contributed by atoms with Crippen LogP contribution in [0.3, 0.4) is 0 Å². The maximum atomic E-state index is 13.2. The van der Waals surface area contributed by atoms with Gasteiger partial charge in [-0.2, -0.15) is 0 Å². The molecule has 0 aromatic carbocycles. The number of carboxylic acid groups (broad SMARTS) is 1. The molecule has 1 heterocycles. The summed E-state index contributed by atoms with van der Waals surface area (Å²) in [5.74, 6) is 1.04. The molecule has 0 saturated heterocycles. The standard InChI is InChI=1S/C39H72O8.C3H5N.2C2H6/c1-10-33(32(7)46-9)16-13-20-38(8,44)22-19-35-18-14-21-39(45,47-35)31(6)25-28(3)24-30(5)37(43)29(4)23-27(2)15-11-12-17-34(40)26-36(41)42;1-2-3-4;2*1-2/h14,21,27-35,40,44-45H,10-13,15-20,22-26H2,1-9H3,(H,41,42);1H,3-4H2;2*1-2H3/t27-,28?,29?,30?,31?,32?,33?,34?,35?,38-,39?;;;/m1.../s1. The number of hydrogen-bond acceptors (Lipinski definition) is 8. The molecular weight excluding hydrogens is 695 g/mol. The highest BCUT2D eigenvalue weighted by atomic mass is 16.6. The molecule has 1 rings (SSSR count). The Labute approximate surface area is 339 Å². The first-order valence-corrected chi connectivity index (χ1v) is 21.7. The molecule has 6 N–H and O–H groups in total. The van der Waals surface area contributed by atoms with Crippen LogP contribution in [0.25, 0.3) is 0 Å². The Bertz CT molecular complexity index is 1030. The normalized spacial score (nSPS) is 21.8. The monoisotopic (exact) mass is 784 g/mol. The molecule has 0 amide bonds. The minimum Gasteiger partial charge on any atom is -0.481 e. The molecule has 0 aromatic heterocycles. The Kier molecular flexibility index (Phi) is 34.7. The first kappa shape index (κ1) is 57.5. The molecule has 9 heteroatoms. The van der Waals surface area contributed by atoms with Crippen LogP contribution in [0.1, 0.15) is 179 Å². The number of unbranched alkanes of at least 4 members (excludes halogenated alkanes) is 1. The summed E-state index contributed by atoms with van der Waals surface area (Å²) in [7, 11) is 1.76. The number of rotatable bonds is 26. The molecule has 0 fully saturated rings. The second kappa shape index (κ2) is 33.2. The molecule has 0 aliphatic carbocycles. The van der Waals surface area contributed by atoms with Gasteiger partial charge in [0.25, 0.3) is 0 Å². The molecule has 0 spiro atoms. The van der Waals surface area contributed by atoms with Gasteiger partial charge in [0.2, 0.25) is 0 Å². The third-order valence-electron chi connectivity index (χ3n) is 10.9. The van der Waals surface area contributed by atoms with Crippen molar-refractivity contribution in [3.8, 4) is 12.3 Å².